The van der Waals surface area contributed by atoms with Crippen molar-refractivity contribution >= 4 is 16.2 Å². The number of carbonyl (C=O) groups excluding carboxylic acids is 1. The van der Waals surface area contributed by atoms with Gasteiger partial charge >= 0.3 is 6.09 Å². The van der Waals surface area contributed by atoms with Crippen LogP contribution in [0, 0.1) is 0 Å². The van der Waals surface area contributed by atoms with Crippen LogP contribution in [0.25, 0.3) is 0 Å². The summed E-state index contributed by atoms with van der Waals surface area (Å²) in [5, 5.41) is 2.86. The zero-order valence-electron chi connectivity index (χ0n) is 13.8. The summed E-state index contributed by atoms with van der Waals surface area (Å²) in [6.45, 7) is 7.71. The maximum Gasteiger partial charge on any atom is 0.407 e. The smallest absolute Gasteiger partial charge is 0.407 e. The molecule has 0 heterocycles. The topological polar surface area (TPSA) is 81.7 Å². The Kier molecular flexibility index (Phi) is 8.89. The number of nitrogens with one attached hydrogen (secondary N) is 1. The number of ether oxygens (including phenoxy) is 1. The third-order valence-electron chi connectivity index (χ3n) is 2.60. The van der Waals surface area contributed by atoms with E-state index in [-0.39, 0.29) is 12.6 Å². The predicted molar refractivity (Wildman–Crippen MR) is 82.7 cm³/mol. The minimum atomic E-state index is -3.36. The van der Waals surface area contributed by atoms with Crippen molar-refractivity contribution in [2.24, 2.45) is 0 Å². The van der Waals surface area contributed by atoms with Gasteiger partial charge in [0.2, 0.25) is 0 Å². The first-order chi connectivity index (χ1) is 9.53. The first-order valence-electron chi connectivity index (χ1n) is 7.37. The molecule has 0 aromatic carbocycles. The van der Waals surface area contributed by atoms with Crippen LogP contribution in [-0.4, -0.2) is 39.0 Å². The van der Waals surface area contributed by atoms with E-state index in [1.165, 1.54) is 0 Å². The van der Waals surface area contributed by atoms with Crippen molar-refractivity contribution in [1.29, 1.82) is 0 Å². The van der Waals surface area contributed by atoms with E-state index >= 15 is 0 Å². The molecule has 0 aliphatic heterocycles. The molecule has 6 nitrogen and oxygen atoms in total. The monoisotopic (exact) mass is 323 g/mol. The van der Waals surface area contributed by atoms with E-state index in [2.05, 4.69) is 16.4 Å². The normalized spacial score (nSPS) is 13.8. The molecule has 0 aromatic heterocycles. The van der Waals surface area contributed by atoms with Gasteiger partial charge in [0, 0.05) is 6.04 Å². The maximum atomic E-state index is 11.7. The first kappa shape index (κ1) is 20.2. The van der Waals surface area contributed by atoms with Gasteiger partial charge in [-0.05, 0) is 46.5 Å². The Labute approximate surface area is 128 Å². The number of rotatable bonds is 9. The number of unbranched alkanes of at least 4 members (excludes halogenated alkanes) is 1. The summed E-state index contributed by atoms with van der Waals surface area (Å²) in [4.78, 5) is 11.7. The van der Waals surface area contributed by atoms with Gasteiger partial charge in [-0.1, -0.05) is 13.3 Å². The average molecular weight is 323 g/mol. The molecule has 0 saturated carbocycles. The molecule has 0 bridgehead atoms. The quantitative estimate of drug-likeness (QED) is 0.521. The third kappa shape index (κ3) is 13.9. The summed E-state index contributed by atoms with van der Waals surface area (Å²) >= 11 is 0. The number of hydrogen-bond donors (Lipinski definition) is 1. The Bertz CT molecular complexity index is 400. The Morgan fingerprint density at radius 3 is 2.29 bits per heavy atom. The van der Waals surface area contributed by atoms with Gasteiger partial charge in [0.1, 0.15) is 5.60 Å². The van der Waals surface area contributed by atoms with E-state index in [0.717, 1.165) is 31.9 Å². The van der Waals surface area contributed by atoms with Crippen LogP contribution >= 0.6 is 0 Å². The van der Waals surface area contributed by atoms with Crippen molar-refractivity contribution < 1.29 is 22.1 Å². The van der Waals surface area contributed by atoms with Crippen LogP contribution in [-0.2, 0) is 19.0 Å². The first-order valence-corrected chi connectivity index (χ1v) is 9.19. The Morgan fingerprint density at radius 2 is 1.81 bits per heavy atom. The Morgan fingerprint density at radius 1 is 1.19 bits per heavy atom. The van der Waals surface area contributed by atoms with Gasteiger partial charge in [-0.15, -0.1) is 0 Å². The zero-order valence-corrected chi connectivity index (χ0v) is 14.6. The largest absolute Gasteiger partial charge is 0.444 e. The molecule has 0 radical (unpaired) electrons. The zero-order chi connectivity index (χ0) is 16.5. The van der Waals surface area contributed by atoms with E-state index in [9.17, 15) is 13.2 Å². The van der Waals surface area contributed by atoms with E-state index in [1.807, 2.05) is 20.8 Å². The van der Waals surface area contributed by atoms with Crippen molar-refractivity contribution in [3.05, 3.63) is 0 Å². The average Bonchev–Trinajstić information content (AvgIpc) is 2.24. The van der Waals surface area contributed by atoms with Gasteiger partial charge in [0.25, 0.3) is 10.1 Å². The predicted octanol–water partition coefficient (Wildman–Crippen LogP) is 2.83. The summed E-state index contributed by atoms with van der Waals surface area (Å²) in [7, 11) is -3.36. The lowest BCUT2D eigenvalue weighted by atomic mass is 10.1. The summed E-state index contributed by atoms with van der Waals surface area (Å²) in [5.41, 5.74) is -0.510. The van der Waals surface area contributed by atoms with E-state index in [0.29, 0.717) is 6.42 Å². The fourth-order valence-electron chi connectivity index (χ4n) is 1.81. The molecule has 0 aliphatic carbocycles. The number of hydrogen-bond acceptors (Lipinski definition) is 5. The van der Waals surface area contributed by atoms with E-state index in [4.69, 9.17) is 4.74 Å². The molecular weight excluding hydrogens is 294 g/mol. The van der Waals surface area contributed by atoms with Crippen LogP contribution in [0.3, 0.4) is 0 Å². The number of carbonyl (C=O) groups is 1. The second-order valence-corrected chi connectivity index (χ2v) is 7.80. The summed E-state index contributed by atoms with van der Waals surface area (Å²) in [6.07, 6.45) is 4.66. The second kappa shape index (κ2) is 9.25. The highest BCUT2D eigenvalue weighted by Gasteiger charge is 2.18. The highest BCUT2D eigenvalue weighted by molar-refractivity contribution is 7.85. The summed E-state index contributed by atoms with van der Waals surface area (Å²) in [6, 6.07) is 0.0445. The molecule has 21 heavy (non-hydrogen) atoms. The lowest BCUT2D eigenvalue weighted by Gasteiger charge is -2.23. The van der Waals surface area contributed by atoms with Crippen LogP contribution in [0.5, 0.6) is 0 Å². The van der Waals surface area contributed by atoms with Crippen LogP contribution < -0.4 is 5.32 Å². The van der Waals surface area contributed by atoms with E-state index in [1.54, 1.807) is 0 Å². The molecule has 0 fully saturated rings. The van der Waals surface area contributed by atoms with Gasteiger partial charge in [-0.25, -0.2) is 4.79 Å². The number of alkyl carbamates (subject to hydrolysis) is 1. The minimum absolute atomic E-state index is 0.0445. The molecule has 0 rings (SSSR count). The fraction of sp³-hybridized carbons (Fsp3) is 0.929. The highest BCUT2D eigenvalue weighted by Crippen LogP contribution is 2.11. The molecule has 0 spiro atoms. The molecule has 7 heteroatoms. The summed E-state index contributed by atoms with van der Waals surface area (Å²) in [5.74, 6) is 0. The van der Waals surface area contributed by atoms with Crippen LogP contribution in [0.4, 0.5) is 4.79 Å². The standard InChI is InChI=1S/C14H29NO5S/c1-6-9-12(15-13(16)20-14(2,3)4)10-7-8-11-19-21(5,17)18/h12H,6-11H2,1-5H3,(H,15,16)/t12-/m1/s1. The van der Waals surface area contributed by atoms with Crippen LogP contribution in [0.15, 0.2) is 0 Å². The molecule has 0 aromatic rings. The van der Waals surface area contributed by atoms with Gasteiger partial charge in [0.15, 0.2) is 0 Å². The van der Waals surface area contributed by atoms with Crippen molar-refractivity contribution in [2.75, 3.05) is 12.9 Å². The van der Waals surface area contributed by atoms with Gasteiger partial charge in [0.05, 0.1) is 12.9 Å². The molecule has 1 N–H and O–H groups in total. The van der Waals surface area contributed by atoms with Gasteiger partial charge in [-0.2, -0.15) is 8.42 Å². The van der Waals surface area contributed by atoms with Gasteiger partial charge in [-0.3, -0.25) is 4.18 Å². The second-order valence-electron chi connectivity index (χ2n) is 6.15. The molecule has 1 amide bonds. The highest BCUT2D eigenvalue weighted by atomic mass is 32.2. The third-order valence-corrected chi connectivity index (χ3v) is 3.20. The molecule has 0 aliphatic rings. The lowest BCUT2D eigenvalue weighted by Crippen LogP contribution is -2.39. The van der Waals surface area contributed by atoms with Crippen molar-refractivity contribution in [3.63, 3.8) is 0 Å². The molecular formula is C14H29NO5S. The maximum absolute atomic E-state index is 11.7. The molecule has 0 saturated heterocycles. The lowest BCUT2D eigenvalue weighted by molar-refractivity contribution is 0.0498. The van der Waals surface area contributed by atoms with Crippen molar-refractivity contribution in [3.8, 4) is 0 Å². The van der Waals surface area contributed by atoms with Crippen LogP contribution in [0.2, 0.25) is 0 Å². The Hall–Kier alpha value is -0.820. The Balaban J connectivity index is 4.05. The molecule has 0 unspecified atom stereocenters. The summed E-state index contributed by atoms with van der Waals surface area (Å²) < 4.78 is 31.5. The van der Waals surface area contributed by atoms with E-state index < -0.39 is 21.8 Å². The number of amides is 1. The van der Waals surface area contributed by atoms with Gasteiger partial charge < -0.3 is 10.1 Å². The molecule has 126 valence electrons. The fourth-order valence-corrected chi connectivity index (χ4v) is 2.24. The van der Waals surface area contributed by atoms with Crippen molar-refractivity contribution in [2.45, 2.75) is 71.4 Å². The van der Waals surface area contributed by atoms with Crippen LogP contribution in [0.1, 0.15) is 59.8 Å². The SMILES string of the molecule is CCC[C@H](CCCCOS(C)(=O)=O)NC(=O)OC(C)(C)C. The molecule has 1 atom stereocenters. The van der Waals surface area contributed by atoms with Crippen molar-refractivity contribution in [1.82, 2.24) is 5.32 Å². The minimum Gasteiger partial charge on any atom is -0.444 e.